The van der Waals surface area contributed by atoms with Crippen molar-refractivity contribution in [1.29, 1.82) is 0 Å². The van der Waals surface area contributed by atoms with Crippen LogP contribution in [0.2, 0.25) is 0 Å². The number of rotatable bonds is 4. The molecule has 0 saturated carbocycles. The van der Waals surface area contributed by atoms with E-state index in [2.05, 4.69) is 5.32 Å². The van der Waals surface area contributed by atoms with Crippen LogP contribution in [0.25, 0.3) is 0 Å². The molecule has 0 aliphatic carbocycles. The van der Waals surface area contributed by atoms with Crippen molar-refractivity contribution in [3.8, 4) is 5.75 Å². The van der Waals surface area contributed by atoms with Crippen molar-refractivity contribution < 1.29 is 14.3 Å². The molecule has 6 nitrogen and oxygen atoms in total. The molecule has 0 radical (unpaired) electrons. The molecule has 0 bridgehead atoms. The molecule has 174 valence electrons. The fourth-order valence-corrected chi connectivity index (χ4v) is 6.20. The zero-order valence-corrected chi connectivity index (χ0v) is 20.3. The summed E-state index contributed by atoms with van der Waals surface area (Å²) in [6.45, 7) is 4.95. The van der Waals surface area contributed by atoms with Crippen LogP contribution in [0.4, 0.5) is 16.2 Å². The summed E-state index contributed by atoms with van der Waals surface area (Å²) in [6.07, 6.45) is 0. The smallest absolute Gasteiger partial charge is 0.323 e. The van der Waals surface area contributed by atoms with Gasteiger partial charge in [-0.3, -0.25) is 9.69 Å². The number of benzene rings is 3. The maximum Gasteiger partial charge on any atom is 0.323 e. The molecular formula is C27H27N3O3S. The Hall–Kier alpha value is -3.45. The lowest BCUT2D eigenvalue weighted by Crippen LogP contribution is -2.51. The van der Waals surface area contributed by atoms with Crippen molar-refractivity contribution in [2.75, 3.05) is 29.6 Å². The SMILES string of the molecule is COc1ccc2c(c1)[C@]1(SCCN1C(=O)Nc1cccc(C)c1)C(=O)N2Cc1ccccc1C. The predicted molar refractivity (Wildman–Crippen MR) is 136 cm³/mol. The number of methoxy groups -OCH3 is 1. The van der Waals surface area contributed by atoms with E-state index < -0.39 is 4.87 Å². The fourth-order valence-electron chi connectivity index (χ4n) is 4.75. The highest BCUT2D eigenvalue weighted by molar-refractivity contribution is 8.01. The number of fused-ring (bicyclic) bond motifs is 2. The summed E-state index contributed by atoms with van der Waals surface area (Å²) in [6, 6.07) is 21.2. The molecule has 1 fully saturated rings. The van der Waals surface area contributed by atoms with Gasteiger partial charge in [-0.1, -0.05) is 36.4 Å². The number of nitrogens with one attached hydrogen (secondary N) is 1. The number of urea groups is 1. The van der Waals surface area contributed by atoms with Crippen LogP contribution in [0.5, 0.6) is 5.75 Å². The standard InChI is InChI=1S/C27H27N3O3S/c1-18-7-6-10-21(15-18)28-26(32)30-13-14-34-27(30)23-16-22(33-3)11-12-24(23)29(25(27)31)17-20-9-5-4-8-19(20)2/h4-12,15-16H,13-14,17H2,1-3H3,(H,28,32)/t27-/m0/s1. The van der Waals surface area contributed by atoms with Gasteiger partial charge in [0.15, 0.2) is 4.87 Å². The van der Waals surface area contributed by atoms with Crippen molar-refractivity contribution in [1.82, 2.24) is 4.90 Å². The van der Waals surface area contributed by atoms with E-state index >= 15 is 0 Å². The van der Waals surface area contributed by atoms with Crippen LogP contribution in [0.15, 0.2) is 66.7 Å². The van der Waals surface area contributed by atoms with Crippen LogP contribution in [0.1, 0.15) is 22.3 Å². The van der Waals surface area contributed by atoms with E-state index in [1.807, 2.05) is 85.5 Å². The monoisotopic (exact) mass is 473 g/mol. The number of carbonyl (C=O) groups excluding carboxylic acids is 2. The minimum Gasteiger partial charge on any atom is -0.497 e. The molecule has 3 aromatic carbocycles. The highest BCUT2D eigenvalue weighted by Gasteiger charge is 2.59. The lowest BCUT2D eigenvalue weighted by atomic mass is 10.1. The third-order valence-corrected chi connectivity index (χ3v) is 7.92. The first-order valence-electron chi connectivity index (χ1n) is 11.3. The van der Waals surface area contributed by atoms with E-state index in [1.165, 1.54) is 11.8 Å². The molecule has 5 rings (SSSR count). The zero-order valence-electron chi connectivity index (χ0n) is 19.5. The van der Waals surface area contributed by atoms with Crippen molar-refractivity contribution in [2.45, 2.75) is 25.3 Å². The lowest BCUT2D eigenvalue weighted by Gasteiger charge is -2.33. The van der Waals surface area contributed by atoms with E-state index in [1.54, 1.807) is 12.0 Å². The van der Waals surface area contributed by atoms with Crippen molar-refractivity contribution in [3.63, 3.8) is 0 Å². The number of nitrogens with zero attached hydrogens (tertiary/aromatic N) is 2. The molecule has 1 spiro atoms. The van der Waals surface area contributed by atoms with Crippen LogP contribution < -0.4 is 15.0 Å². The van der Waals surface area contributed by atoms with E-state index in [0.717, 1.165) is 27.9 Å². The fraction of sp³-hybridized carbons (Fsp3) is 0.259. The number of anilines is 2. The van der Waals surface area contributed by atoms with Gasteiger partial charge >= 0.3 is 6.03 Å². The average molecular weight is 474 g/mol. The van der Waals surface area contributed by atoms with Gasteiger partial charge in [0.05, 0.1) is 19.3 Å². The molecular weight excluding hydrogens is 446 g/mol. The van der Waals surface area contributed by atoms with Crippen LogP contribution >= 0.6 is 11.8 Å². The molecule has 34 heavy (non-hydrogen) atoms. The molecule has 3 amide bonds. The second kappa shape index (κ2) is 8.72. The second-order valence-corrected chi connectivity index (χ2v) is 9.93. The molecule has 2 aliphatic heterocycles. The molecule has 3 aromatic rings. The highest BCUT2D eigenvalue weighted by atomic mass is 32.2. The Morgan fingerprint density at radius 3 is 2.68 bits per heavy atom. The molecule has 0 unspecified atom stereocenters. The van der Waals surface area contributed by atoms with Gasteiger partial charge in [-0.15, -0.1) is 11.8 Å². The lowest BCUT2D eigenvalue weighted by molar-refractivity contribution is -0.123. The highest BCUT2D eigenvalue weighted by Crippen LogP contribution is 2.55. The summed E-state index contributed by atoms with van der Waals surface area (Å²) in [5.74, 6) is 1.23. The minimum atomic E-state index is -1.12. The van der Waals surface area contributed by atoms with Crippen molar-refractivity contribution in [3.05, 3.63) is 89.0 Å². The van der Waals surface area contributed by atoms with Gasteiger partial charge in [0.25, 0.3) is 5.91 Å². The Labute approximate surface area is 203 Å². The molecule has 7 heteroatoms. The summed E-state index contributed by atoms with van der Waals surface area (Å²) >= 11 is 1.51. The minimum absolute atomic E-state index is 0.0964. The molecule has 2 aliphatic rings. The first-order chi connectivity index (χ1) is 16.4. The maximum atomic E-state index is 14.2. The average Bonchev–Trinajstić information content (AvgIpc) is 3.37. The number of hydrogen-bond donors (Lipinski definition) is 1. The first-order valence-corrected chi connectivity index (χ1v) is 12.3. The number of aryl methyl sites for hydroxylation is 2. The van der Waals surface area contributed by atoms with Gasteiger partial charge in [0.1, 0.15) is 5.75 Å². The maximum absolute atomic E-state index is 14.2. The normalized spacial score (nSPS) is 19.0. The molecule has 1 N–H and O–H groups in total. The Morgan fingerprint density at radius 1 is 1.09 bits per heavy atom. The Morgan fingerprint density at radius 2 is 1.91 bits per heavy atom. The number of carbonyl (C=O) groups is 2. The number of ether oxygens (including phenoxy) is 1. The summed E-state index contributed by atoms with van der Waals surface area (Å²) in [5.41, 5.74) is 5.59. The number of hydrogen-bond acceptors (Lipinski definition) is 4. The van der Waals surface area contributed by atoms with E-state index in [9.17, 15) is 9.59 Å². The van der Waals surface area contributed by atoms with Crippen LogP contribution in [-0.2, 0) is 16.2 Å². The predicted octanol–water partition coefficient (Wildman–Crippen LogP) is 5.29. The quantitative estimate of drug-likeness (QED) is 0.559. The number of amides is 3. The Kier molecular flexibility index (Phi) is 5.73. The summed E-state index contributed by atoms with van der Waals surface area (Å²) in [5, 5.41) is 3.00. The van der Waals surface area contributed by atoms with Crippen LogP contribution in [0, 0.1) is 13.8 Å². The van der Waals surface area contributed by atoms with Crippen LogP contribution in [-0.4, -0.2) is 36.2 Å². The van der Waals surface area contributed by atoms with Crippen LogP contribution in [0.3, 0.4) is 0 Å². The van der Waals surface area contributed by atoms with Gasteiger partial charge in [-0.25, -0.2) is 4.79 Å². The Balaban J connectivity index is 1.56. The molecule has 0 aromatic heterocycles. The first kappa shape index (κ1) is 22.3. The second-order valence-electron chi connectivity index (χ2n) is 8.64. The molecule has 2 heterocycles. The third-order valence-electron chi connectivity index (χ3n) is 6.50. The largest absolute Gasteiger partial charge is 0.497 e. The van der Waals surface area contributed by atoms with Crippen molar-refractivity contribution >= 4 is 35.1 Å². The third kappa shape index (κ3) is 3.60. The van der Waals surface area contributed by atoms with Crippen molar-refractivity contribution in [2.24, 2.45) is 0 Å². The van der Waals surface area contributed by atoms with Gasteiger partial charge in [-0.05, 0) is 60.9 Å². The van der Waals surface area contributed by atoms with Gasteiger partial charge in [0, 0.05) is 23.5 Å². The van der Waals surface area contributed by atoms with Gasteiger partial charge in [-0.2, -0.15) is 0 Å². The van der Waals surface area contributed by atoms with E-state index in [0.29, 0.717) is 30.3 Å². The molecule has 1 saturated heterocycles. The van der Waals surface area contributed by atoms with Gasteiger partial charge < -0.3 is 15.0 Å². The Bertz CT molecular complexity index is 1280. The summed E-state index contributed by atoms with van der Waals surface area (Å²) in [7, 11) is 1.61. The van der Waals surface area contributed by atoms with E-state index in [4.69, 9.17) is 4.74 Å². The number of thioether (sulfide) groups is 1. The summed E-state index contributed by atoms with van der Waals surface area (Å²) in [4.78, 5) is 30.0. The van der Waals surface area contributed by atoms with E-state index in [-0.39, 0.29) is 11.9 Å². The molecule has 1 atom stereocenters. The zero-order chi connectivity index (χ0) is 23.9. The topological polar surface area (TPSA) is 61.9 Å². The summed E-state index contributed by atoms with van der Waals surface area (Å²) < 4.78 is 5.50. The van der Waals surface area contributed by atoms with Gasteiger partial charge in [0.2, 0.25) is 0 Å².